The molecule has 4 heteroatoms. The summed E-state index contributed by atoms with van der Waals surface area (Å²) < 4.78 is 0. The standard InChI is InChI=1S/C13H13N3O/c14-12(16-17)13(6-7-13)11-10-4-2-1-3-9(10)5-8-15-11/h1-5,8,17H,6-7H2,(H2,14,16). The van der Waals surface area contributed by atoms with Crippen molar-refractivity contribution < 1.29 is 5.21 Å². The van der Waals surface area contributed by atoms with Crippen LogP contribution in [0.4, 0.5) is 0 Å². The molecule has 0 spiro atoms. The van der Waals surface area contributed by atoms with E-state index in [1.54, 1.807) is 6.20 Å². The van der Waals surface area contributed by atoms with Gasteiger partial charge < -0.3 is 10.9 Å². The lowest BCUT2D eigenvalue weighted by atomic mass is 9.95. The van der Waals surface area contributed by atoms with Crippen LogP contribution in [0.1, 0.15) is 18.5 Å². The van der Waals surface area contributed by atoms with Crippen LogP contribution in [-0.2, 0) is 5.41 Å². The molecule has 1 fully saturated rings. The van der Waals surface area contributed by atoms with Gasteiger partial charge in [-0.1, -0.05) is 29.4 Å². The Kier molecular flexibility index (Phi) is 2.04. The fourth-order valence-electron chi connectivity index (χ4n) is 2.34. The first-order valence-electron chi connectivity index (χ1n) is 5.60. The van der Waals surface area contributed by atoms with E-state index in [0.717, 1.165) is 29.3 Å². The third-order valence-corrected chi connectivity index (χ3v) is 3.47. The monoisotopic (exact) mass is 227 g/mol. The Morgan fingerprint density at radius 3 is 2.76 bits per heavy atom. The molecule has 1 saturated carbocycles. The maximum absolute atomic E-state index is 8.88. The number of nitrogens with zero attached hydrogens (tertiary/aromatic N) is 2. The molecule has 0 unspecified atom stereocenters. The van der Waals surface area contributed by atoms with Gasteiger partial charge in [-0.3, -0.25) is 4.98 Å². The van der Waals surface area contributed by atoms with Crippen molar-refractivity contribution in [2.45, 2.75) is 18.3 Å². The molecule has 1 heterocycles. The summed E-state index contributed by atoms with van der Waals surface area (Å²) in [5.74, 6) is 0.265. The van der Waals surface area contributed by atoms with E-state index in [9.17, 15) is 0 Å². The van der Waals surface area contributed by atoms with E-state index in [1.165, 1.54) is 0 Å². The molecule has 2 aromatic rings. The molecule has 3 N–H and O–H groups in total. The van der Waals surface area contributed by atoms with Crippen LogP contribution >= 0.6 is 0 Å². The number of pyridine rings is 1. The van der Waals surface area contributed by atoms with Gasteiger partial charge in [-0.25, -0.2) is 0 Å². The SMILES string of the molecule is N/C(=N/O)C1(c2nccc3ccccc23)CC1. The van der Waals surface area contributed by atoms with Gasteiger partial charge in [0.25, 0.3) is 0 Å². The van der Waals surface area contributed by atoms with Gasteiger partial charge in [0, 0.05) is 11.6 Å². The van der Waals surface area contributed by atoms with Gasteiger partial charge in [0.2, 0.25) is 0 Å². The zero-order valence-electron chi connectivity index (χ0n) is 9.30. The number of rotatable bonds is 2. The smallest absolute Gasteiger partial charge is 0.151 e. The van der Waals surface area contributed by atoms with Gasteiger partial charge in [-0.05, 0) is 24.3 Å². The molecule has 1 aromatic heterocycles. The van der Waals surface area contributed by atoms with Crippen LogP contribution in [0.25, 0.3) is 10.8 Å². The third-order valence-electron chi connectivity index (χ3n) is 3.47. The van der Waals surface area contributed by atoms with E-state index in [2.05, 4.69) is 10.1 Å². The molecular formula is C13H13N3O. The highest BCUT2D eigenvalue weighted by Crippen LogP contribution is 2.49. The van der Waals surface area contributed by atoms with Gasteiger partial charge in [-0.15, -0.1) is 0 Å². The number of oxime groups is 1. The van der Waals surface area contributed by atoms with Crippen LogP contribution in [0.5, 0.6) is 0 Å². The van der Waals surface area contributed by atoms with Crippen molar-refractivity contribution >= 4 is 16.6 Å². The molecule has 3 rings (SSSR count). The quantitative estimate of drug-likeness (QED) is 0.357. The van der Waals surface area contributed by atoms with Crippen molar-refractivity contribution in [2.24, 2.45) is 10.9 Å². The first kappa shape index (κ1) is 10.1. The number of aromatic nitrogens is 1. The second-order valence-corrected chi connectivity index (χ2v) is 4.45. The summed E-state index contributed by atoms with van der Waals surface area (Å²) in [5.41, 5.74) is 6.37. The predicted molar refractivity (Wildman–Crippen MR) is 66.1 cm³/mol. The minimum Gasteiger partial charge on any atom is -0.409 e. The Labute approximate surface area is 98.8 Å². The number of amidine groups is 1. The van der Waals surface area contributed by atoms with Gasteiger partial charge in [0.1, 0.15) is 0 Å². The molecule has 0 radical (unpaired) electrons. The van der Waals surface area contributed by atoms with Crippen LogP contribution in [0.15, 0.2) is 41.7 Å². The lowest BCUT2D eigenvalue weighted by Crippen LogP contribution is -2.29. The van der Waals surface area contributed by atoms with Crippen molar-refractivity contribution in [3.8, 4) is 0 Å². The molecule has 1 aromatic carbocycles. The number of hydrogen-bond donors (Lipinski definition) is 2. The van der Waals surface area contributed by atoms with Crippen molar-refractivity contribution in [3.63, 3.8) is 0 Å². The largest absolute Gasteiger partial charge is 0.409 e. The summed E-state index contributed by atoms with van der Waals surface area (Å²) in [7, 11) is 0. The molecule has 0 atom stereocenters. The second kappa shape index (κ2) is 3.45. The highest BCUT2D eigenvalue weighted by Gasteiger charge is 2.50. The van der Waals surface area contributed by atoms with Crippen LogP contribution < -0.4 is 5.73 Å². The van der Waals surface area contributed by atoms with Gasteiger partial charge in [-0.2, -0.15) is 0 Å². The van der Waals surface area contributed by atoms with E-state index < -0.39 is 0 Å². The van der Waals surface area contributed by atoms with Crippen molar-refractivity contribution in [2.75, 3.05) is 0 Å². The summed E-state index contributed by atoms with van der Waals surface area (Å²) in [6.45, 7) is 0. The molecular weight excluding hydrogens is 214 g/mol. The molecule has 0 amide bonds. The lowest BCUT2D eigenvalue weighted by Gasteiger charge is -2.14. The second-order valence-electron chi connectivity index (χ2n) is 4.45. The average Bonchev–Trinajstić information content (AvgIpc) is 3.18. The topological polar surface area (TPSA) is 71.5 Å². The summed E-state index contributed by atoms with van der Waals surface area (Å²) in [6.07, 6.45) is 3.57. The number of benzene rings is 1. The highest BCUT2D eigenvalue weighted by molar-refractivity contribution is 5.98. The van der Waals surface area contributed by atoms with Crippen LogP contribution in [0, 0.1) is 0 Å². The zero-order chi connectivity index (χ0) is 11.9. The number of fused-ring (bicyclic) bond motifs is 1. The first-order valence-corrected chi connectivity index (χ1v) is 5.60. The Morgan fingerprint density at radius 1 is 1.29 bits per heavy atom. The number of nitrogens with two attached hydrogens (primary N) is 1. The molecule has 86 valence electrons. The van der Waals surface area contributed by atoms with E-state index in [1.807, 2.05) is 30.3 Å². The van der Waals surface area contributed by atoms with Crippen LogP contribution in [0.2, 0.25) is 0 Å². The Balaban J connectivity index is 2.25. The van der Waals surface area contributed by atoms with Crippen LogP contribution in [0.3, 0.4) is 0 Å². The van der Waals surface area contributed by atoms with Crippen molar-refractivity contribution in [1.82, 2.24) is 4.98 Å². The Hall–Kier alpha value is -2.10. The minimum absolute atomic E-state index is 0.265. The highest BCUT2D eigenvalue weighted by atomic mass is 16.4. The Morgan fingerprint density at radius 2 is 2.06 bits per heavy atom. The van der Waals surface area contributed by atoms with Gasteiger partial charge >= 0.3 is 0 Å². The molecule has 0 bridgehead atoms. The molecule has 4 nitrogen and oxygen atoms in total. The van der Waals surface area contributed by atoms with E-state index in [0.29, 0.717) is 0 Å². The first-order chi connectivity index (χ1) is 8.28. The molecule has 1 aliphatic carbocycles. The van der Waals surface area contributed by atoms with Gasteiger partial charge in [0.05, 0.1) is 11.1 Å². The normalized spacial score (nSPS) is 18.2. The van der Waals surface area contributed by atoms with E-state index >= 15 is 0 Å². The predicted octanol–water partition coefficient (Wildman–Crippen LogP) is 2.01. The van der Waals surface area contributed by atoms with Crippen molar-refractivity contribution in [1.29, 1.82) is 0 Å². The zero-order valence-corrected chi connectivity index (χ0v) is 9.30. The minimum atomic E-state index is -0.352. The van der Waals surface area contributed by atoms with Gasteiger partial charge in [0.15, 0.2) is 5.84 Å². The molecule has 0 aliphatic heterocycles. The third kappa shape index (κ3) is 1.37. The fourth-order valence-corrected chi connectivity index (χ4v) is 2.34. The molecule has 0 saturated heterocycles. The lowest BCUT2D eigenvalue weighted by molar-refractivity contribution is 0.315. The van der Waals surface area contributed by atoms with E-state index in [4.69, 9.17) is 10.9 Å². The number of hydrogen-bond acceptors (Lipinski definition) is 3. The summed E-state index contributed by atoms with van der Waals surface area (Å²) >= 11 is 0. The molecule has 1 aliphatic rings. The average molecular weight is 227 g/mol. The maximum Gasteiger partial charge on any atom is 0.151 e. The van der Waals surface area contributed by atoms with Crippen LogP contribution in [-0.4, -0.2) is 16.0 Å². The summed E-state index contributed by atoms with van der Waals surface area (Å²) in [4.78, 5) is 4.44. The maximum atomic E-state index is 8.88. The summed E-state index contributed by atoms with van der Waals surface area (Å²) in [6, 6.07) is 10.0. The summed E-state index contributed by atoms with van der Waals surface area (Å²) in [5, 5.41) is 14.3. The van der Waals surface area contributed by atoms with E-state index in [-0.39, 0.29) is 11.3 Å². The molecule has 17 heavy (non-hydrogen) atoms. The Bertz CT molecular complexity index is 597. The fraction of sp³-hybridized carbons (Fsp3) is 0.231. The van der Waals surface area contributed by atoms with Crippen molar-refractivity contribution in [3.05, 3.63) is 42.2 Å².